The molecule has 0 spiro atoms. The van der Waals surface area contributed by atoms with Crippen LogP contribution in [0.4, 0.5) is 0 Å². The van der Waals surface area contributed by atoms with E-state index in [0.717, 1.165) is 27.7 Å². The smallest absolute Gasteiger partial charge is 0.179 e. The first kappa shape index (κ1) is 26.1. The molecule has 0 aliphatic carbocycles. The monoisotopic (exact) mass is 474 g/mol. The van der Waals surface area contributed by atoms with Gasteiger partial charge in [0.2, 0.25) is 0 Å². The molecule has 1 fully saturated rings. The first-order valence-electron chi connectivity index (χ1n) is 9.81. The van der Waals surface area contributed by atoms with E-state index in [-0.39, 0.29) is 4.90 Å². The molecule has 0 unspecified atom stereocenters. The van der Waals surface area contributed by atoms with E-state index in [1.807, 2.05) is 0 Å². The summed E-state index contributed by atoms with van der Waals surface area (Å²) in [5, 5.41) is 36.9. The van der Waals surface area contributed by atoms with Crippen LogP contribution in [0.3, 0.4) is 0 Å². The molecule has 0 aromatic heterocycles. The van der Waals surface area contributed by atoms with Crippen LogP contribution >= 0.6 is 8.29 Å². The third-order valence-electron chi connectivity index (χ3n) is 7.06. The summed E-state index contributed by atoms with van der Waals surface area (Å²) in [6, 6.07) is 5.12. The fourth-order valence-electron chi connectivity index (χ4n) is 5.15. The van der Waals surface area contributed by atoms with Gasteiger partial charge in [0.15, 0.2) is 20.5 Å². The maximum atomic E-state index is 13.8. The van der Waals surface area contributed by atoms with Crippen LogP contribution in [0.5, 0.6) is 5.75 Å². The molecule has 10 nitrogen and oxygen atoms in total. The third-order valence-corrected chi connectivity index (χ3v) is 16.0. The maximum absolute atomic E-state index is 13.8. The summed E-state index contributed by atoms with van der Waals surface area (Å²) in [7, 11) is -5.02. The van der Waals surface area contributed by atoms with E-state index in [1.54, 1.807) is 0 Å². The molecule has 0 bridgehead atoms. The Hall–Kier alpha value is -2.15. The van der Waals surface area contributed by atoms with Gasteiger partial charge < -0.3 is 29.9 Å². The van der Waals surface area contributed by atoms with Crippen molar-refractivity contribution in [3.63, 3.8) is 0 Å². The van der Waals surface area contributed by atoms with Crippen molar-refractivity contribution in [1.82, 2.24) is 0 Å². The molecule has 32 heavy (non-hydrogen) atoms. The van der Waals surface area contributed by atoms with Crippen molar-refractivity contribution in [2.45, 2.75) is 62.4 Å². The lowest BCUT2D eigenvalue weighted by molar-refractivity contribution is -0.208. The Labute approximate surface area is 184 Å². The summed E-state index contributed by atoms with van der Waals surface area (Å²) < 4.78 is 10.8. The molecule has 11 heteroatoms. The number of carbonyl (C=O) groups excluding carboxylic acids is 4. The Bertz CT molecular complexity index is 896. The fourth-order valence-corrected chi connectivity index (χ4v) is 12.6. The third kappa shape index (κ3) is 2.38. The number of ether oxygens (including phenoxy) is 2. The molecule has 1 aromatic rings. The maximum Gasteiger partial charge on any atom is 0.179 e. The van der Waals surface area contributed by atoms with Crippen LogP contribution in [0.25, 0.3) is 0 Å². The van der Waals surface area contributed by atoms with E-state index < -0.39 is 65.2 Å². The van der Waals surface area contributed by atoms with Crippen LogP contribution in [0.1, 0.15) is 27.7 Å². The SMILES string of the molecule is COc1ccc(S(C(C)=O)(C(C)=O)(C(C)=O)(C(C)=O)[C@@H]2O[C@H](CO)[C@H](O)[C@H](O)[C@H]2O)cc1. The normalized spacial score (nSPS) is 28.2. The van der Waals surface area contributed by atoms with Gasteiger partial charge in [-0.2, -0.15) is 0 Å². The molecule has 1 aliphatic rings. The number of carbonyl (C=O) groups is 4. The Morgan fingerprint density at radius 2 is 1.28 bits per heavy atom. The predicted molar refractivity (Wildman–Crippen MR) is 115 cm³/mol. The Morgan fingerprint density at radius 1 is 0.844 bits per heavy atom. The zero-order chi connectivity index (χ0) is 24.7. The van der Waals surface area contributed by atoms with Crippen LogP contribution in [-0.2, 0) is 23.9 Å². The highest BCUT2D eigenvalue weighted by molar-refractivity contribution is 8.99. The first-order valence-corrected chi connectivity index (χ1v) is 12.3. The number of hydrogen-bond donors (Lipinski definition) is 4. The molecular weight excluding hydrogens is 444 g/mol. The second-order valence-corrected chi connectivity index (χ2v) is 14.4. The number of benzene rings is 1. The summed E-state index contributed by atoms with van der Waals surface area (Å²) in [4.78, 5) is 54.8. The standard InChI is InChI=1S/C21H30O10S/c1-11(23)32(12(2)24,13(3)25,14(4)26,16-8-6-15(30-5)7-9-16)21-20(29)19(28)18(27)17(10-22)31-21/h6-9,17-22,27-29H,10H2,1-5H3/t17-,18+,19+,20-,21+/m1/s1. The van der Waals surface area contributed by atoms with E-state index in [9.17, 15) is 39.6 Å². The van der Waals surface area contributed by atoms with Gasteiger partial charge in [0.1, 0.15) is 35.6 Å². The lowest BCUT2D eigenvalue weighted by atomic mass is 10.0. The van der Waals surface area contributed by atoms with Gasteiger partial charge in [0.25, 0.3) is 0 Å². The first-order chi connectivity index (χ1) is 14.8. The number of methoxy groups -OCH3 is 1. The Kier molecular flexibility index (Phi) is 6.54. The lowest BCUT2D eigenvalue weighted by Crippen LogP contribution is -2.73. The lowest BCUT2D eigenvalue weighted by Gasteiger charge is -2.75. The molecule has 5 atom stereocenters. The van der Waals surface area contributed by atoms with Gasteiger partial charge in [-0.15, -0.1) is 0 Å². The van der Waals surface area contributed by atoms with Gasteiger partial charge in [0, 0.05) is 32.6 Å². The number of rotatable bonds is 4. The van der Waals surface area contributed by atoms with Crippen molar-refractivity contribution >= 4 is 28.8 Å². The van der Waals surface area contributed by atoms with Crippen molar-refractivity contribution in [1.29, 1.82) is 0 Å². The van der Waals surface area contributed by atoms with Crippen LogP contribution < -0.4 is 4.74 Å². The molecule has 0 amide bonds. The van der Waals surface area contributed by atoms with E-state index in [4.69, 9.17) is 9.47 Å². The minimum absolute atomic E-state index is 0.296. The highest BCUT2D eigenvalue weighted by Gasteiger charge is 2.85. The van der Waals surface area contributed by atoms with E-state index in [0.29, 0.717) is 5.75 Å². The zero-order valence-corrected chi connectivity index (χ0v) is 19.4. The molecule has 180 valence electrons. The average molecular weight is 475 g/mol. The summed E-state index contributed by atoms with van der Waals surface area (Å²) in [5.41, 5.74) is -2.19. The number of hydrogen-bond acceptors (Lipinski definition) is 10. The van der Waals surface area contributed by atoms with E-state index in [2.05, 4.69) is 0 Å². The van der Waals surface area contributed by atoms with E-state index in [1.165, 1.54) is 31.4 Å². The number of aliphatic hydroxyl groups excluding tert-OH is 4. The average Bonchev–Trinajstić information content (AvgIpc) is 2.74. The van der Waals surface area contributed by atoms with E-state index >= 15 is 0 Å². The summed E-state index contributed by atoms with van der Waals surface area (Å²) in [6.45, 7) is 2.72. The Balaban J connectivity index is 3.28. The minimum Gasteiger partial charge on any atom is -0.497 e. The molecule has 2 rings (SSSR count). The van der Waals surface area contributed by atoms with Crippen LogP contribution in [-0.4, -0.2) is 84.5 Å². The van der Waals surface area contributed by atoms with Crippen molar-refractivity contribution in [2.24, 2.45) is 0 Å². The van der Waals surface area contributed by atoms with Gasteiger partial charge in [-0.25, -0.2) is 0 Å². The topological polar surface area (TPSA) is 168 Å². The van der Waals surface area contributed by atoms with Gasteiger partial charge in [0.05, 0.1) is 13.7 Å². The molecule has 1 aliphatic heterocycles. The molecule has 1 heterocycles. The summed E-state index contributed by atoms with van der Waals surface area (Å²) >= 11 is 0. The van der Waals surface area contributed by atoms with Gasteiger partial charge in [-0.3, -0.25) is 19.2 Å². The molecule has 1 aromatic carbocycles. The van der Waals surface area contributed by atoms with Crippen molar-refractivity contribution in [3.8, 4) is 5.75 Å². The number of aliphatic hydroxyl groups is 4. The van der Waals surface area contributed by atoms with Crippen LogP contribution in [0.2, 0.25) is 0 Å². The molecule has 1 saturated heterocycles. The summed E-state index contributed by atoms with van der Waals surface area (Å²) in [5.74, 6) is 0.298. The molecule has 4 N–H and O–H groups in total. The molecular formula is C21H30O10S. The quantitative estimate of drug-likeness (QED) is 0.463. The largest absolute Gasteiger partial charge is 0.497 e. The summed E-state index contributed by atoms with van der Waals surface area (Å²) in [6.07, 6.45) is -7.63. The predicted octanol–water partition coefficient (Wildman–Crippen LogP) is -0.0840. The van der Waals surface area contributed by atoms with Gasteiger partial charge >= 0.3 is 0 Å². The molecule has 0 radical (unpaired) electrons. The Morgan fingerprint density at radius 3 is 1.62 bits per heavy atom. The van der Waals surface area contributed by atoms with Crippen molar-refractivity contribution in [2.75, 3.05) is 13.7 Å². The van der Waals surface area contributed by atoms with Gasteiger partial charge in [-0.05, 0) is 32.6 Å². The second kappa shape index (κ2) is 8.01. The minimum atomic E-state index is -6.39. The second-order valence-electron chi connectivity index (χ2n) is 7.95. The van der Waals surface area contributed by atoms with Crippen LogP contribution in [0.15, 0.2) is 29.2 Å². The van der Waals surface area contributed by atoms with Crippen molar-refractivity contribution < 1.29 is 49.1 Å². The fraction of sp³-hybridized carbons (Fsp3) is 0.524. The highest BCUT2D eigenvalue weighted by atomic mass is 32.4. The zero-order valence-electron chi connectivity index (χ0n) is 18.5. The highest BCUT2D eigenvalue weighted by Crippen LogP contribution is 2.98. The molecule has 0 saturated carbocycles. The van der Waals surface area contributed by atoms with Gasteiger partial charge in [-0.1, -0.05) is 0 Å². The van der Waals surface area contributed by atoms with Crippen molar-refractivity contribution in [3.05, 3.63) is 24.3 Å². The van der Waals surface area contributed by atoms with Crippen LogP contribution in [0, 0.1) is 0 Å².